The van der Waals surface area contributed by atoms with Crippen LogP contribution in [0.5, 0.6) is 0 Å². The van der Waals surface area contributed by atoms with E-state index < -0.39 is 0 Å². The highest BCUT2D eigenvalue weighted by Gasteiger charge is 2.49. The van der Waals surface area contributed by atoms with Crippen LogP contribution in [0.3, 0.4) is 0 Å². The molecule has 3 unspecified atom stereocenters. The van der Waals surface area contributed by atoms with E-state index in [9.17, 15) is 0 Å². The lowest BCUT2D eigenvalue weighted by atomic mass is 9.71. The third kappa shape index (κ3) is 3.93. The first-order valence-corrected chi connectivity index (χ1v) is 8.08. The van der Waals surface area contributed by atoms with E-state index in [4.69, 9.17) is 9.47 Å². The predicted molar refractivity (Wildman–Crippen MR) is 78.4 cm³/mol. The van der Waals surface area contributed by atoms with Crippen LogP contribution in [-0.2, 0) is 9.47 Å². The van der Waals surface area contributed by atoms with E-state index in [2.05, 4.69) is 12.2 Å². The molecule has 3 nitrogen and oxygen atoms in total. The summed E-state index contributed by atoms with van der Waals surface area (Å²) in [6.45, 7) is 6.96. The van der Waals surface area contributed by atoms with Crippen molar-refractivity contribution in [2.45, 2.75) is 45.4 Å². The lowest BCUT2D eigenvalue weighted by molar-refractivity contribution is 0.0358. The molecule has 2 saturated carbocycles. The highest BCUT2D eigenvalue weighted by atomic mass is 16.5. The standard InChI is InChI=1S/C16H31NO2/c1-3-7-17-13-16(6-8-19-10-9-18-2)12-14-4-5-15(16)11-14/h14-15,17H,3-13H2,1-2H3. The van der Waals surface area contributed by atoms with E-state index in [1.54, 1.807) is 7.11 Å². The number of fused-ring (bicyclic) bond motifs is 2. The van der Waals surface area contributed by atoms with Gasteiger partial charge in [0.15, 0.2) is 0 Å². The van der Waals surface area contributed by atoms with Gasteiger partial charge in [0.2, 0.25) is 0 Å². The second-order valence-corrected chi connectivity index (χ2v) is 6.47. The van der Waals surface area contributed by atoms with Crippen molar-refractivity contribution in [2.75, 3.05) is 40.0 Å². The highest BCUT2D eigenvalue weighted by Crippen LogP contribution is 2.57. The second-order valence-electron chi connectivity index (χ2n) is 6.47. The summed E-state index contributed by atoms with van der Waals surface area (Å²) in [5.74, 6) is 1.96. The Morgan fingerprint density at radius 3 is 2.74 bits per heavy atom. The van der Waals surface area contributed by atoms with Crippen LogP contribution in [-0.4, -0.2) is 40.0 Å². The quantitative estimate of drug-likeness (QED) is 0.619. The highest BCUT2D eigenvalue weighted by molar-refractivity contribution is 5.01. The van der Waals surface area contributed by atoms with Crippen molar-refractivity contribution < 1.29 is 9.47 Å². The summed E-state index contributed by atoms with van der Waals surface area (Å²) in [5, 5.41) is 3.67. The maximum absolute atomic E-state index is 5.72. The molecule has 0 spiro atoms. The summed E-state index contributed by atoms with van der Waals surface area (Å²) in [7, 11) is 1.73. The van der Waals surface area contributed by atoms with Crippen LogP contribution >= 0.6 is 0 Å². The molecule has 19 heavy (non-hydrogen) atoms. The van der Waals surface area contributed by atoms with Crippen LogP contribution in [0.2, 0.25) is 0 Å². The first-order valence-electron chi connectivity index (χ1n) is 8.08. The Morgan fingerprint density at radius 1 is 1.21 bits per heavy atom. The van der Waals surface area contributed by atoms with E-state index in [0.29, 0.717) is 12.0 Å². The van der Waals surface area contributed by atoms with Gasteiger partial charge < -0.3 is 14.8 Å². The molecule has 3 heteroatoms. The van der Waals surface area contributed by atoms with Crippen molar-refractivity contribution in [3.05, 3.63) is 0 Å². The Balaban J connectivity index is 1.77. The number of hydrogen-bond acceptors (Lipinski definition) is 3. The van der Waals surface area contributed by atoms with Gasteiger partial charge in [-0.05, 0) is 55.9 Å². The van der Waals surface area contributed by atoms with Crippen LogP contribution in [0.15, 0.2) is 0 Å². The van der Waals surface area contributed by atoms with Gasteiger partial charge in [-0.1, -0.05) is 13.3 Å². The summed E-state index contributed by atoms with van der Waals surface area (Å²) in [5.41, 5.74) is 0.533. The maximum Gasteiger partial charge on any atom is 0.0700 e. The van der Waals surface area contributed by atoms with Gasteiger partial charge in [0, 0.05) is 20.3 Å². The second kappa shape index (κ2) is 7.61. The molecule has 0 aromatic heterocycles. The number of methoxy groups -OCH3 is 1. The van der Waals surface area contributed by atoms with Gasteiger partial charge >= 0.3 is 0 Å². The van der Waals surface area contributed by atoms with Crippen LogP contribution in [0, 0.1) is 17.3 Å². The molecule has 2 fully saturated rings. The van der Waals surface area contributed by atoms with Crippen LogP contribution in [0.4, 0.5) is 0 Å². The van der Waals surface area contributed by atoms with Crippen molar-refractivity contribution in [3.63, 3.8) is 0 Å². The van der Waals surface area contributed by atoms with Crippen LogP contribution in [0.25, 0.3) is 0 Å². The van der Waals surface area contributed by atoms with Crippen molar-refractivity contribution in [1.82, 2.24) is 5.32 Å². The fourth-order valence-corrected chi connectivity index (χ4v) is 4.20. The number of rotatable bonds is 10. The molecule has 2 bridgehead atoms. The van der Waals surface area contributed by atoms with Crippen LogP contribution < -0.4 is 5.32 Å². The first-order chi connectivity index (χ1) is 9.30. The minimum Gasteiger partial charge on any atom is -0.382 e. The molecule has 0 heterocycles. The Morgan fingerprint density at radius 2 is 2.11 bits per heavy atom. The van der Waals surface area contributed by atoms with Crippen molar-refractivity contribution in [3.8, 4) is 0 Å². The summed E-state index contributed by atoms with van der Waals surface area (Å²) in [4.78, 5) is 0. The summed E-state index contributed by atoms with van der Waals surface area (Å²) in [6.07, 6.45) is 8.30. The zero-order valence-electron chi connectivity index (χ0n) is 12.7. The molecule has 2 aliphatic rings. The van der Waals surface area contributed by atoms with Gasteiger partial charge in [0.05, 0.1) is 13.2 Å². The van der Waals surface area contributed by atoms with Crippen molar-refractivity contribution in [2.24, 2.45) is 17.3 Å². The molecular formula is C16H31NO2. The molecule has 0 aromatic rings. The molecule has 112 valence electrons. The van der Waals surface area contributed by atoms with Gasteiger partial charge in [-0.15, -0.1) is 0 Å². The smallest absolute Gasteiger partial charge is 0.0700 e. The molecule has 0 aliphatic heterocycles. The maximum atomic E-state index is 5.72. The molecular weight excluding hydrogens is 238 g/mol. The molecule has 2 rings (SSSR count). The lowest BCUT2D eigenvalue weighted by Crippen LogP contribution is -2.40. The number of hydrogen-bond donors (Lipinski definition) is 1. The Labute approximate surface area is 118 Å². The van der Waals surface area contributed by atoms with Gasteiger partial charge in [-0.3, -0.25) is 0 Å². The molecule has 0 aromatic carbocycles. The largest absolute Gasteiger partial charge is 0.382 e. The molecule has 2 aliphatic carbocycles. The third-order valence-electron chi connectivity index (χ3n) is 5.18. The lowest BCUT2D eigenvalue weighted by Gasteiger charge is -2.38. The van der Waals surface area contributed by atoms with E-state index in [-0.39, 0.29) is 0 Å². The van der Waals surface area contributed by atoms with Crippen molar-refractivity contribution in [1.29, 1.82) is 0 Å². The summed E-state index contributed by atoms with van der Waals surface area (Å²) < 4.78 is 10.8. The summed E-state index contributed by atoms with van der Waals surface area (Å²) in [6, 6.07) is 0. The fraction of sp³-hybridized carbons (Fsp3) is 1.00. The van der Waals surface area contributed by atoms with Gasteiger partial charge in [-0.2, -0.15) is 0 Å². The zero-order valence-corrected chi connectivity index (χ0v) is 12.7. The fourth-order valence-electron chi connectivity index (χ4n) is 4.20. The van der Waals surface area contributed by atoms with Crippen LogP contribution in [0.1, 0.15) is 45.4 Å². The van der Waals surface area contributed by atoms with E-state index in [0.717, 1.165) is 31.6 Å². The minimum absolute atomic E-state index is 0.533. The average molecular weight is 269 g/mol. The molecule has 0 amide bonds. The average Bonchev–Trinajstić information content (AvgIpc) is 3.00. The Kier molecular flexibility index (Phi) is 6.11. The summed E-state index contributed by atoms with van der Waals surface area (Å²) >= 11 is 0. The minimum atomic E-state index is 0.533. The normalized spacial score (nSPS) is 33.2. The first kappa shape index (κ1) is 15.3. The number of ether oxygens (including phenoxy) is 2. The monoisotopic (exact) mass is 269 g/mol. The SMILES string of the molecule is CCCNCC1(CCOCCOC)CC2CCC1C2. The topological polar surface area (TPSA) is 30.5 Å². The molecule has 0 saturated heterocycles. The van der Waals surface area contributed by atoms with E-state index in [1.807, 2.05) is 0 Å². The molecule has 3 atom stereocenters. The van der Waals surface area contributed by atoms with Gasteiger partial charge in [0.25, 0.3) is 0 Å². The van der Waals surface area contributed by atoms with Crippen molar-refractivity contribution >= 4 is 0 Å². The third-order valence-corrected chi connectivity index (χ3v) is 5.18. The molecule has 1 N–H and O–H groups in total. The predicted octanol–water partition coefficient (Wildman–Crippen LogP) is 2.85. The van der Waals surface area contributed by atoms with Gasteiger partial charge in [-0.25, -0.2) is 0 Å². The van der Waals surface area contributed by atoms with E-state index in [1.165, 1.54) is 45.1 Å². The van der Waals surface area contributed by atoms with E-state index >= 15 is 0 Å². The molecule has 0 radical (unpaired) electrons. The van der Waals surface area contributed by atoms with Gasteiger partial charge in [0.1, 0.15) is 0 Å². The zero-order chi connectivity index (χ0) is 13.6. The Bertz CT molecular complexity index is 259. The Hall–Kier alpha value is -0.120. The number of nitrogens with one attached hydrogen (secondary N) is 1.